The minimum atomic E-state index is -1.08. The molecule has 6 rings (SSSR count). The molecule has 8 bridgehead atoms. The summed E-state index contributed by atoms with van der Waals surface area (Å²) in [7, 11) is 1.30. The molecule has 1 unspecified atom stereocenters. The molecule has 4 atom stereocenters. The molecular weight excluding hydrogens is 541 g/mol. The third-order valence-electron chi connectivity index (χ3n) is 9.13. The van der Waals surface area contributed by atoms with Crippen LogP contribution in [-0.2, 0) is 9.53 Å². The second-order valence-electron chi connectivity index (χ2n) is 11.1. The van der Waals surface area contributed by atoms with Crippen LogP contribution in [-0.4, -0.2) is 53.1 Å². The van der Waals surface area contributed by atoms with Crippen molar-refractivity contribution in [2.45, 2.75) is 47.1 Å². The van der Waals surface area contributed by atoms with Crippen molar-refractivity contribution in [1.82, 2.24) is 15.0 Å². The SMILES string of the molecule is C=Cc1c2[n-]c(c1C)/C=C1/[N-]C(C3=c4[n-]/c(c(C)c4C(=O)[C@@H]3C(=O)OC)=C\c3[n-]c(/c(=C\O)c3C)=C\2)[C@@H](CC)[C@@H]1C.[Mg+2]. The maximum atomic E-state index is 13.8. The molecule has 1 fully saturated rings. The standard InChI is InChI=1S/C33H32N4O4.Mg/c1-8-18-14(3)21-10-23-15(4)19(9-2)30(36-23)28-29(33(40)41-7)32(39)27-17(6)24(37-31(27)28)11-22-16(5)20(13-38)26(35-22)12-25(18)34-21;/h8,10-13,15,19,29-30H,1,9H2,2-7H3,(H,38,39);/q-4;+2/b23-10+,26-12-;/t15-,19-,29+,30?;/m0./s1. The second-order valence-corrected chi connectivity index (χ2v) is 11.1. The van der Waals surface area contributed by atoms with Crippen LogP contribution >= 0.6 is 0 Å². The van der Waals surface area contributed by atoms with Gasteiger partial charge in [-0.15, -0.1) is 33.1 Å². The molecule has 3 aliphatic rings. The summed E-state index contributed by atoms with van der Waals surface area (Å²) in [5.41, 5.74) is 7.31. The Morgan fingerprint density at radius 3 is 2.36 bits per heavy atom. The van der Waals surface area contributed by atoms with E-state index in [4.69, 9.17) is 25.0 Å². The van der Waals surface area contributed by atoms with Gasteiger partial charge in [0.2, 0.25) is 0 Å². The summed E-state index contributed by atoms with van der Waals surface area (Å²) in [6, 6.07) is -0.410. The largest absolute Gasteiger partial charge is 2.00 e. The van der Waals surface area contributed by atoms with Crippen molar-refractivity contribution in [2.75, 3.05) is 7.11 Å². The number of carbonyl (C=O) groups excluding carboxylic acids is 2. The van der Waals surface area contributed by atoms with Gasteiger partial charge in [-0.3, -0.25) is 9.59 Å². The van der Waals surface area contributed by atoms with E-state index in [9.17, 15) is 14.7 Å². The number of ketones is 1. The molecule has 0 spiro atoms. The first-order valence-corrected chi connectivity index (χ1v) is 13.9. The van der Waals surface area contributed by atoms with E-state index < -0.39 is 17.9 Å². The minimum absolute atomic E-state index is 0. The van der Waals surface area contributed by atoms with Crippen LogP contribution in [0.5, 0.6) is 0 Å². The van der Waals surface area contributed by atoms with Gasteiger partial charge in [-0.25, -0.2) is 0 Å². The number of carbonyl (C=O) groups is 2. The Morgan fingerprint density at radius 2 is 1.71 bits per heavy atom. The maximum Gasteiger partial charge on any atom is 2.00 e. The average molecular weight is 573 g/mol. The number of esters is 1. The Hall–Kier alpha value is -3.69. The topological polar surface area (TPSA) is 120 Å². The molecule has 5 heterocycles. The van der Waals surface area contributed by atoms with Gasteiger partial charge in [-0.05, 0) is 43.4 Å². The van der Waals surface area contributed by atoms with E-state index in [0.717, 1.165) is 40.8 Å². The summed E-state index contributed by atoms with van der Waals surface area (Å²) in [5.74, 6) is -1.86. The number of nitrogens with zero attached hydrogens (tertiary/aromatic N) is 4. The molecular formula is C33H32MgN4O4-2. The normalized spacial score (nSPS) is 25.5. The van der Waals surface area contributed by atoms with Crippen molar-refractivity contribution in [1.29, 1.82) is 0 Å². The molecule has 1 N–H and O–H groups in total. The molecule has 3 aromatic rings. The van der Waals surface area contributed by atoms with Gasteiger partial charge in [0.1, 0.15) is 5.92 Å². The summed E-state index contributed by atoms with van der Waals surface area (Å²) in [5, 5.41) is 17.6. The molecule has 0 saturated carbocycles. The van der Waals surface area contributed by atoms with E-state index in [0.29, 0.717) is 49.4 Å². The number of aromatic nitrogens is 3. The van der Waals surface area contributed by atoms with Crippen molar-refractivity contribution in [2.24, 2.45) is 17.8 Å². The molecule has 0 amide bonds. The van der Waals surface area contributed by atoms with E-state index in [1.807, 2.05) is 39.0 Å². The summed E-state index contributed by atoms with van der Waals surface area (Å²) in [6.45, 7) is 14.0. The smallest absolute Gasteiger partial charge is 0.681 e. The van der Waals surface area contributed by atoms with Crippen LogP contribution in [0.2, 0.25) is 0 Å². The molecule has 42 heavy (non-hydrogen) atoms. The van der Waals surface area contributed by atoms with E-state index in [-0.39, 0.29) is 40.7 Å². The number of ether oxygens (including phenoxy) is 1. The molecule has 2 aliphatic heterocycles. The van der Waals surface area contributed by atoms with Gasteiger partial charge < -0.3 is 30.1 Å². The monoisotopic (exact) mass is 572 g/mol. The fourth-order valence-corrected chi connectivity index (χ4v) is 6.74. The van der Waals surface area contributed by atoms with Crippen LogP contribution in [0.1, 0.15) is 70.0 Å². The average Bonchev–Trinajstić information content (AvgIpc) is 3.69. The van der Waals surface area contributed by atoms with E-state index >= 15 is 0 Å². The van der Waals surface area contributed by atoms with Gasteiger partial charge in [-0.1, -0.05) is 79.5 Å². The number of aliphatic hydroxyl groups is 1. The number of allylic oxidation sites excluding steroid dienone is 1. The zero-order valence-corrected chi connectivity index (χ0v) is 26.2. The molecule has 1 saturated heterocycles. The van der Waals surface area contributed by atoms with Crippen LogP contribution in [0.4, 0.5) is 0 Å². The van der Waals surface area contributed by atoms with Crippen molar-refractivity contribution < 1.29 is 19.4 Å². The van der Waals surface area contributed by atoms with E-state index in [1.165, 1.54) is 7.11 Å². The Bertz CT molecular complexity index is 1940. The molecule has 3 aromatic heterocycles. The number of rotatable bonds is 3. The van der Waals surface area contributed by atoms with Crippen LogP contribution in [0.3, 0.4) is 0 Å². The minimum Gasteiger partial charge on any atom is -0.681 e. The van der Waals surface area contributed by atoms with Crippen LogP contribution in [0, 0.1) is 38.5 Å². The van der Waals surface area contributed by atoms with Crippen LogP contribution in [0.25, 0.3) is 41.5 Å². The second kappa shape index (κ2) is 10.9. The predicted molar refractivity (Wildman–Crippen MR) is 163 cm³/mol. The Balaban J connectivity index is 0.00000353. The van der Waals surface area contributed by atoms with Gasteiger partial charge in [0.25, 0.3) is 0 Å². The van der Waals surface area contributed by atoms with Crippen molar-refractivity contribution in [3.8, 4) is 0 Å². The number of Topliss-reactive ketones (excluding diaryl/α,β-unsaturated/α-hetero) is 1. The third-order valence-corrected chi connectivity index (χ3v) is 9.13. The van der Waals surface area contributed by atoms with Gasteiger partial charge in [0.05, 0.1) is 13.4 Å². The Labute approximate surface area is 260 Å². The molecule has 0 radical (unpaired) electrons. The molecule has 8 nitrogen and oxygen atoms in total. The number of fused-ring (bicyclic) bond motifs is 8. The fourth-order valence-electron chi connectivity index (χ4n) is 6.74. The van der Waals surface area contributed by atoms with Gasteiger partial charge in [-0.2, -0.15) is 5.70 Å². The van der Waals surface area contributed by atoms with Crippen LogP contribution < -0.4 is 36.2 Å². The third kappa shape index (κ3) is 4.16. The Kier molecular flexibility index (Phi) is 7.70. The van der Waals surface area contributed by atoms with Crippen molar-refractivity contribution >= 4 is 70.9 Å². The maximum absolute atomic E-state index is 13.8. The van der Waals surface area contributed by atoms with Gasteiger partial charge in [0, 0.05) is 5.56 Å². The zero-order chi connectivity index (χ0) is 29.3. The van der Waals surface area contributed by atoms with Crippen molar-refractivity contribution in [3.05, 3.63) is 83.8 Å². The number of hydrogen-bond acceptors (Lipinski definition) is 4. The van der Waals surface area contributed by atoms with E-state index in [1.54, 1.807) is 6.08 Å². The number of aliphatic hydroxyl groups excluding tert-OH is 1. The van der Waals surface area contributed by atoms with E-state index in [2.05, 4.69) is 20.4 Å². The zero-order valence-electron chi connectivity index (χ0n) is 24.8. The summed E-state index contributed by atoms with van der Waals surface area (Å²) in [6.07, 6.45) is 9.33. The summed E-state index contributed by atoms with van der Waals surface area (Å²) >= 11 is 0. The fraction of sp³-hybridized carbons (Fsp3) is 0.333. The van der Waals surface area contributed by atoms with Crippen LogP contribution in [0.15, 0.2) is 12.3 Å². The quantitative estimate of drug-likeness (QED) is 0.288. The molecule has 212 valence electrons. The Morgan fingerprint density at radius 1 is 1.02 bits per heavy atom. The van der Waals surface area contributed by atoms with Gasteiger partial charge >= 0.3 is 29.0 Å². The first-order valence-electron chi connectivity index (χ1n) is 13.9. The summed E-state index contributed by atoms with van der Waals surface area (Å²) < 4.78 is 5.13. The first kappa shape index (κ1) is 29.8. The predicted octanol–water partition coefficient (Wildman–Crippen LogP) is 1.61. The summed E-state index contributed by atoms with van der Waals surface area (Å²) in [4.78, 5) is 41.6. The number of methoxy groups -OCH3 is 1. The molecule has 0 aromatic carbocycles. The van der Waals surface area contributed by atoms with Crippen molar-refractivity contribution in [3.63, 3.8) is 0 Å². The van der Waals surface area contributed by atoms with Gasteiger partial charge in [0.15, 0.2) is 5.78 Å². The first-order chi connectivity index (χ1) is 19.6. The molecule has 1 aliphatic carbocycles. The number of hydrogen-bond donors (Lipinski definition) is 1. The molecule has 9 heteroatoms.